The van der Waals surface area contributed by atoms with Crippen LogP contribution >= 0.6 is 35.6 Å². The first-order chi connectivity index (χ1) is 12.7. The summed E-state index contributed by atoms with van der Waals surface area (Å²) in [6, 6.07) is 3.78. The number of nitrogens with one attached hydrogen (secondary N) is 2. The molecule has 2 aromatic rings. The van der Waals surface area contributed by atoms with Gasteiger partial charge in [0.25, 0.3) is 0 Å². The number of hydrogen-bond acceptors (Lipinski definition) is 5. The average Bonchev–Trinajstić information content (AvgIpc) is 3.28. The van der Waals surface area contributed by atoms with Crippen molar-refractivity contribution in [3.63, 3.8) is 0 Å². The van der Waals surface area contributed by atoms with E-state index in [1.165, 1.54) is 0 Å². The summed E-state index contributed by atoms with van der Waals surface area (Å²) in [5.41, 5.74) is 3.06. The molecular weight excluding hydrogens is 483 g/mol. The predicted octanol–water partition coefficient (Wildman–Crippen LogP) is 3.66. The molecule has 3 rings (SSSR count). The SMILES string of the molecule is CCc1noc(CC)c1CNC(=NC)NCc1cc(Cl)c2c(c1)OCO2.I. The highest BCUT2D eigenvalue weighted by Crippen LogP contribution is 2.39. The number of aryl methyl sites for hydroxylation is 2. The van der Waals surface area contributed by atoms with E-state index in [0.717, 1.165) is 35.4 Å². The van der Waals surface area contributed by atoms with Crippen LogP contribution in [0.4, 0.5) is 0 Å². The second-order valence-electron chi connectivity index (χ2n) is 5.83. The van der Waals surface area contributed by atoms with Crippen LogP contribution in [0, 0.1) is 0 Å². The minimum Gasteiger partial charge on any atom is -0.454 e. The largest absolute Gasteiger partial charge is 0.454 e. The van der Waals surface area contributed by atoms with Crippen LogP contribution in [-0.4, -0.2) is 25.0 Å². The average molecular weight is 507 g/mol. The molecule has 0 amide bonds. The first-order valence-corrected chi connectivity index (χ1v) is 9.02. The van der Waals surface area contributed by atoms with Gasteiger partial charge in [0.15, 0.2) is 17.5 Å². The summed E-state index contributed by atoms with van der Waals surface area (Å²) >= 11 is 6.22. The van der Waals surface area contributed by atoms with Crippen molar-refractivity contribution in [2.24, 2.45) is 4.99 Å². The van der Waals surface area contributed by atoms with Crippen LogP contribution in [-0.2, 0) is 25.9 Å². The highest BCUT2D eigenvalue weighted by molar-refractivity contribution is 14.0. The number of fused-ring (bicyclic) bond motifs is 1. The lowest BCUT2D eigenvalue weighted by atomic mass is 10.1. The number of aliphatic imine (C=N–C) groups is 1. The van der Waals surface area contributed by atoms with Crippen molar-refractivity contribution in [1.82, 2.24) is 15.8 Å². The standard InChI is InChI=1S/C18H23ClN4O3.HI/c1-4-14-12(15(5-2)26-23-14)9-22-18(20-3)21-8-11-6-13(19)17-16(7-11)24-10-25-17;/h6-7H,4-5,8-10H2,1-3H3,(H2,20,21,22);1H. The fraction of sp³-hybridized carbons (Fsp3) is 0.444. The molecule has 0 saturated heterocycles. The molecular formula is C18H24ClIN4O3. The molecule has 0 atom stereocenters. The van der Waals surface area contributed by atoms with Crippen LogP contribution in [0.5, 0.6) is 11.5 Å². The number of halogens is 2. The quantitative estimate of drug-likeness (QED) is 0.354. The molecule has 1 aliphatic rings. The van der Waals surface area contributed by atoms with Gasteiger partial charge in [0.05, 0.1) is 10.7 Å². The van der Waals surface area contributed by atoms with Gasteiger partial charge in [-0.2, -0.15) is 0 Å². The molecule has 148 valence electrons. The van der Waals surface area contributed by atoms with Crippen LogP contribution in [0.1, 0.15) is 36.4 Å². The molecule has 1 aliphatic heterocycles. The molecule has 2 N–H and O–H groups in total. The van der Waals surface area contributed by atoms with Crippen molar-refractivity contribution < 1.29 is 14.0 Å². The third-order valence-corrected chi connectivity index (χ3v) is 4.49. The zero-order chi connectivity index (χ0) is 18.5. The van der Waals surface area contributed by atoms with Crippen molar-refractivity contribution in [1.29, 1.82) is 0 Å². The first kappa shape index (κ1) is 21.6. The number of ether oxygens (including phenoxy) is 2. The molecule has 0 saturated carbocycles. The Morgan fingerprint density at radius 2 is 1.96 bits per heavy atom. The van der Waals surface area contributed by atoms with Crippen LogP contribution < -0.4 is 20.1 Å². The fourth-order valence-electron chi connectivity index (χ4n) is 2.84. The Labute approximate surface area is 180 Å². The summed E-state index contributed by atoms with van der Waals surface area (Å²) in [5.74, 6) is 2.86. The minimum absolute atomic E-state index is 0. The van der Waals surface area contributed by atoms with Crippen molar-refractivity contribution in [3.8, 4) is 11.5 Å². The molecule has 27 heavy (non-hydrogen) atoms. The van der Waals surface area contributed by atoms with E-state index in [4.69, 9.17) is 25.6 Å². The normalized spacial score (nSPS) is 12.7. The van der Waals surface area contributed by atoms with Gasteiger partial charge in [-0.1, -0.05) is 30.6 Å². The van der Waals surface area contributed by atoms with E-state index in [1.54, 1.807) is 7.05 Å². The lowest BCUT2D eigenvalue weighted by Crippen LogP contribution is -2.36. The second kappa shape index (κ2) is 10.0. The second-order valence-corrected chi connectivity index (χ2v) is 6.24. The number of nitrogens with zero attached hydrogens (tertiary/aromatic N) is 2. The third kappa shape index (κ3) is 4.98. The lowest BCUT2D eigenvalue weighted by molar-refractivity contribution is 0.174. The smallest absolute Gasteiger partial charge is 0.231 e. The molecule has 0 fully saturated rings. The van der Waals surface area contributed by atoms with Gasteiger partial charge < -0.3 is 24.6 Å². The topological polar surface area (TPSA) is 80.9 Å². The fourth-order valence-corrected chi connectivity index (χ4v) is 3.13. The van der Waals surface area contributed by atoms with E-state index < -0.39 is 0 Å². The van der Waals surface area contributed by atoms with Gasteiger partial charge in [-0.25, -0.2) is 0 Å². The van der Waals surface area contributed by atoms with Crippen LogP contribution in [0.15, 0.2) is 21.6 Å². The molecule has 7 nitrogen and oxygen atoms in total. The summed E-state index contributed by atoms with van der Waals surface area (Å²) in [4.78, 5) is 4.26. The molecule has 1 aromatic heterocycles. The highest BCUT2D eigenvalue weighted by Gasteiger charge is 2.18. The molecule has 0 bridgehead atoms. The summed E-state index contributed by atoms with van der Waals surface area (Å²) in [6.45, 7) is 5.49. The van der Waals surface area contributed by atoms with Crippen LogP contribution in [0.3, 0.4) is 0 Å². The molecule has 9 heteroatoms. The summed E-state index contributed by atoms with van der Waals surface area (Å²) in [6.07, 6.45) is 1.65. The third-order valence-electron chi connectivity index (χ3n) is 4.21. The maximum Gasteiger partial charge on any atom is 0.231 e. The van der Waals surface area contributed by atoms with Gasteiger partial charge in [0.2, 0.25) is 6.79 Å². The zero-order valence-corrected chi connectivity index (χ0v) is 18.7. The van der Waals surface area contributed by atoms with E-state index in [2.05, 4.69) is 34.6 Å². The van der Waals surface area contributed by atoms with Crippen molar-refractivity contribution in [3.05, 3.63) is 39.7 Å². The Hall–Kier alpha value is -1.68. The molecule has 2 heterocycles. The molecule has 0 radical (unpaired) electrons. The Balaban J connectivity index is 0.00000261. The van der Waals surface area contributed by atoms with E-state index in [0.29, 0.717) is 35.6 Å². The Morgan fingerprint density at radius 3 is 2.67 bits per heavy atom. The highest BCUT2D eigenvalue weighted by atomic mass is 127. The maximum absolute atomic E-state index is 6.22. The molecule has 1 aromatic carbocycles. The van der Waals surface area contributed by atoms with Gasteiger partial charge in [0.1, 0.15) is 5.76 Å². The number of rotatable bonds is 6. The summed E-state index contributed by atoms with van der Waals surface area (Å²) in [7, 11) is 1.73. The molecule has 0 spiro atoms. The lowest BCUT2D eigenvalue weighted by Gasteiger charge is -2.13. The Morgan fingerprint density at radius 1 is 1.19 bits per heavy atom. The van der Waals surface area contributed by atoms with Crippen molar-refractivity contribution >= 4 is 41.5 Å². The van der Waals surface area contributed by atoms with Gasteiger partial charge in [0, 0.05) is 32.1 Å². The summed E-state index contributed by atoms with van der Waals surface area (Å²) < 4.78 is 16.1. The van der Waals surface area contributed by atoms with E-state index >= 15 is 0 Å². The van der Waals surface area contributed by atoms with Crippen molar-refractivity contribution in [2.45, 2.75) is 39.8 Å². The Kier molecular flexibility index (Phi) is 8.03. The number of guanidine groups is 1. The van der Waals surface area contributed by atoms with Gasteiger partial charge in [-0.05, 0) is 24.1 Å². The molecule has 0 unspecified atom stereocenters. The van der Waals surface area contributed by atoms with E-state index in [1.807, 2.05) is 12.1 Å². The molecule has 0 aliphatic carbocycles. The number of hydrogen-bond donors (Lipinski definition) is 2. The maximum atomic E-state index is 6.22. The first-order valence-electron chi connectivity index (χ1n) is 8.65. The minimum atomic E-state index is 0. The zero-order valence-electron chi connectivity index (χ0n) is 15.6. The predicted molar refractivity (Wildman–Crippen MR) is 115 cm³/mol. The van der Waals surface area contributed by atoms with Gasteiger partial charge in [-0.3, -0.25) is 4.99 Å². The van der Waals surface area contributed by atoms with Crippen LogP contribution in [0.2, 0.25) is 5.02 Å². The number of aromatic nitrogens is 1. The number of benzene rings is 1. The van der Waals surface area contributed by atoms with Crippen molar-refractivity contribution in [2.75, 3.05) is 13.8 Å². The van der Waals surface area contributed by atoms with E-state index in [-0.39, 0.29) is 30.8 Å². The summed E-state index contributed by atoms with van der Waals surface area (Å²) in [5, 5.41) is 11.3. The van der Waals surface area contributed by atoms with Crippen LogP contribution in [0.25, 0.3) is 0 Å². The van der Waals surface area contributed by atoms with Gasteiger partial charge in [-0.15, -0.1) is 24.0 Å². The van der Waals surface area contributed by atoms with E-state index in [9.17, 15) is 0 Å². The van der Waals surface area contributed by atoms with Gasteiger partial charge >= 0.3 is 0 Å². The monoisotopic (exact) mass is 506 g/mol. The Bertz CT molecular complexity index is 789.